The third kappa shape index (κ3) is 3.17. The third-order valence-electron chi connectivity index (χ3n) is 3.94. The summed E-state index contributed by atoms with van der Waals surface area (Å²) in [6.45, 7) is -0.669. The van der Waals surface area contributed by atoms with Crippen LogP contribution in [0.25, 0.3) is 0 Å². The van der Waals surface area contributed by atoms with Crippen LogP contribution in [0.5, 0.6) is 0 Å². The number of amides is 2. The second kappa shape index (κ2) is 6.72. The fourth-order valence-corrected chi connectivity index (χ4v) is 2.56. The van der Waals surface area contributed by atoms with Crippen molar-refractivity contribution in [3.8, 4) is 0 Å². The van der Waals surface area contributed by atoms with Gasteiger partial charge in [-0.1, -0.05) is 0 Å². The van der Waals surface area contributed by atoms with Crippen LogP contribution in [0.4, 0.5) is 5.82 Å². The van der Waals surface area contributed by atoms with Crippen LogP contribution in [0.1, 0.15) is 6.23 Å². The number of ether oxygens (including phenoxy) is 1. The summed E-state index contributed by atoms with van der Waals surface area (Å²) in [4.78, 5) is 39.6. The van der Waals surface area contributed by atoms with Gasteiger partial charge in [0.25, 0.3) is 11.8 Å². The maximum Gasteiger partial charge on any atom is 0.351 e. The Morgan fingerprint density at radius 1 is 1.16 bits per heavy atom. The molecule has 0 saturated carbocycles. The number of aromatic nitrogens is 2. The van der Waals surface area contributed by atoms with E-state index >= 15 is 0 Å². The van der Waals surface area contributed by atoms with Gasteiger partial charge in [0, 0.05) is 18.3 Å². The van der Waals surface area contributed by atoms with Crippen molar-refractivity contribution in [2.75, 3.05) is 18.6 Å². The smallest absolute Gasteiger partial charge is 0.351 e. The Hall–Kier alpha value is -2.60. The normalized spacial score (nSPS) is 28.8. The first kappa shape index (κ1) is 17.2. The first-order chi connectivity index (χ1) is 11.9. The van der Waals surface area contributed by atoms with E-state index in [1.807, 2.05) is 0 Å². The summed E-state index contributed by atoms with van der Waals surface area (Å²) in [5, 5.41) is 31.4. The highest BCUT2D eigenvalue weighted by atomic mass is 16.6. The van der Waals surface area contributed by atoms with Crippen molar-refractivity contribution in [2.24, 2.45) is 0 Å². The van der Waals surface area contributed by atoms with Crippen molar-refractivity contribution in [1.82, 2.24) is 14.5 Å². The van der Waals surface area contributed by atoms with Gasteiger partial charge >= 0.3 is 5.69 Å². The molecule has 1 saturated heterocycles. The van der Waals surface area contributed by atoms with Gasteiger partial charge in [-0.25, -0.2) is 4.79 Å². The van der Waals surface area contributed by atoms with E-state index in [1.54, 1.807) is 0 Å². The highest BCUT2D eigenvalue weighted by Gasteiger charge is 2.43. The topological polar surface area (TPSA) is 154 Å². The SMILES string of the molecule is O=C1C=CC(=O)N1CNc1ccn([C@@H]2O[C@H](CO)C(O)C2O)c(=O)n1. The first-order valence-corrected chi connectivity index (χ1v) is 7.41. The minimum atomic E-state index is -1.40. The lowest BCUT2D eigenvalue weighted by atomic mass is 10.1. The number of rotatable bonds is 5. The van der Waals surface area contributed by atoms with E-state index in [1.165, 1.54) is 12.3 Å². The van der Waals surface area contributed by atoms with Gasteiger partial charge in [0.1, 0.15) is 24.1 Å². The average molecular weight is 352 g/mol. The van der Waals surface area contributed by atoms with Crippen LogP contribution in [0.3, 0.4) is 0 Å². The lowest BCUT2D eigenvalue weighted by Gasteiger charge is -2.18. The molecule has 0 spiro atoms. The summed E-state index contributed by atoms with van der Waals surface area (Å²) < 4.78 is 6.23. The molecule has 2 aliphatic heterocycles. The van der Waals surface area contributed by atoms with Crippen molar-refractivity contribution < 1.29 is 29.6 Å². The number of carbonyl (C=O) groups excluding carboxylic acids is 2. The Morgan fingerprint density at radius 3 is 2.40 bits per heavy atom. The van der Waals surface area contributed by atoms with Crippen molar-refractivity contribution in [1.29, 1.82) is 0 Å². The number of nitrogens with one attached hydrogen (secondary N) is 1. The molecule has 0 aromatic carbocycles. The number of hydrogen-bond donors (Lipinski definition) is 4. The zero-order valence-electron chi connectivity index (χ0n) is 12.8. The average Bonchev–Trinajstić information content (AvgIpc) is 3.06. The van der Waals surface area contributed by atoms with Crippen molar-refractivity contribution in [3.05, 3.63) is 34.9 Å². The number of aliphatic hydroxyl groups excluding tert-OH is 3. The molecule has 11 heteroatoms. The number of nitrogens with zero attached hydrogens (tertiary/aromatic N) is 3. The van der Waals surface area contributed by atoms with Gasteiger partial charge < -0.3 is 25.4 Å². The molecule has 0 radical (unpaired) electrons. The monoisotopic (exact) mass is 352 g/mol. The zero-order chi connectivity index (χ0) is 18.1. The Labute approximate surface area is 140 Å². The number of anilines is 1. The largest absolute Gasteiger partial charge is 0.394 e. The quantitative estimate of drug-likeness (QED) is 0.410. The summed E-state index contributed by atoms with van der Waals surface area (Å²) in [5.74, 6) is -0.838. The molecule has 3 heterocycles. The van der Waals surface area contributed by atoms with Gasteiger partial charge in [0.05, 0.1) is 13.3 Å². The van der Waals surface area contributed by atoms with E-state index in [-0.39, 0.29) is 12.5 Å². The fourth-order valence-electron chi connectivity index (χ4n) is 2.56. The van der Waals surface area contributed by atoms with Gasteiger partial charge in [-0.2, -0.15) is 4.98 Å². The number of hydrogen-bond acceptors (Lipinski definition) is 9. The van der Waals surface area contributed by atoms with E-state index in [2.05, 4.69) is 10.3 Å². The molecule has 2 aliphatic rings. The van der Waals surface area contributed by atoms with Crippen molar-refractivity contribution in [2.45, 2.75) is 24.5 Å². The molecular weight excluding hydrogens is 336 g/mol. The molecule has 2 unspecified atom stereocenters. The molecule has 1 aromatic rings. The second-order valence-electron chi connectivity index (χ2n) is 5.50. The van der Waals surface area contributed by atoms with Crippen LogP contribution < -0.4 is 11.0 Å². The molecular formula is C14H16N4O7. The number of aliphatic hydroxyl groups is 3. The third-order valence-corrected chi connectivity index (χ3v) is 3.94. The Morgan fingerprint density at radius 2 is 1.84 bits per heavy atom. The summed E-state index contributed by atoms with van der Waals surface area (Å²) in [6, 6.07) is 1.38. The van der Waals surface area contributed by atoms with Gasteiger partial charge in [0.15, 0.2) is 6.23 Å². The molecule has 4 N–H and O–H groups in total. The van der Waals surface area contributed by atoms with Crippen LogP contribution in [-0.4, -0.2) is 73.2 Å². The van der Waals surface area contributed by atoms with Gasteiger partial charge in [-0.15, -0.1) is 0 Å². The van der Waals surface area contributed by atoms with Crippen LogP contribution in [-0.2, 0) is 14.3 Å². The van der Waals surface area contributed by atoms with Crippen LogP contribution >= 0.6 is 0 Å². The molecule has 3 rings (SSSR count). The predicted octanol–water partition coefficient (Wildman–Crippen LogP) is -2.85. The molecule has 0 bridgehead atoms. The summed E-state index contributed by atoms with van der Waals surface area (Å²) in [6.07, 6.45) is -1.38. The second-order valence-corrected chi connectivity index (χ2v) is 5.50. The molecule has 11 nitrogen and oxygen atoms in total. The molecule has 1 fully saturated rings. The summed E-state index contributed by atoms with van der Waals surface area (Å²) in [5.41, 5.74) is -0.781. The minimum Gasteiger partial charge on any atom is -0.394 e. The fraction of sp³-hybridized carbons (Fsp3) is 0.429. The highest BCUT2D eigenvalue weighted by Crippen LogP contribution is 2.28. The number of imide groups is 1. The van der Waals surface area contributed by atoms with E-state index in [0.29, 0.717) is 0 Å². The molecule has 4 atom stereocenters. The van der Waals surface area contributed by atoms with E-state index in [0.717, 1.165) is 21.6 Å². The van der Waals surface area contributed by atoms with E-state index < -0.39 is 48.7 Å². The van der Waals surface area contributed by atoms with Gasteiger partial charge in [0.2, 0.25) is 0 Å². The molecule has 25 heavy (non-hydrogen) atoms. The maximum absolute atomic E-state index is 12.1. The Balaban J connectivity index is 1.70. The lowest BCUT2D eigenvalue weighted by molar-refractivity contribution is -0.136. The first-order valence-electron chi connectivity index (χ1n) is 7.41. The van der Waals surface area contributed by atoms with Gasteiger partial charge in [-0.05, 0) is 6.07 Å². The minimum absolute atomic E-state index is 0.112. The standard InChI is InChI=1S/C14H16N4O7/c19-5-7-11(22)12(23)13(25-7)17-4-3-8(16-14(17)24)15-6-18-9(20)1-2-10(18)21/h1-4,7,11-13,19,22-23H,5-6H2,(H,15,16,24)/t7-,11?,12?,13-/m1/s1. The van der Waals surface area contributed by atoms with Crippen LogP contribution in [0, 0.1) is 0 Å². The molecule has 134 valence electrons. The van der Waals surface area contributed by atoms with Crippen molar-refractivity contribution in [3.63, 3.8) is 0 Å². The zero-order valence-corrected chi connectivity index (χ0v) is 12.8. The Bertz CT molecular complexity index is 759. The van der Waals surface area contributed by atoms with Crippen LogP contribution in [0.15, 0.2) is 29.2 Å². The molecule has 1 aromatic heterocycles. The number of carbonyl (C=O) groups is 2. The van der Waals surface area contributed by atoms with Crippen LogP contribution in [0.2, 0.25) is 0 Å². The highest BCUT2D eigenvalue weighted by molar-refractivity contribution is 6.12. The van der Waals surface area contributed by atoms with Gasteiger partial charge in [-0.3, -0.25) is 19.1 Å². The maximum atomic E-state index is 12.1. The Kier molecular flexibility index (Phi) is 4.63. The lowest BCUT2D eigenvalue weighted by Crippen LogP contribution is -2.37. The predicted molar refractivity (Wildman–Crippen MR) is 81.0 cm³/mol. The van der Waals surface area contributed by atoms with E-state index in [9.17, 15) is 24.6 Å². The molecule has 0 aliphatic carbocycles. The summed E-state index contributed by atoms with van der Waals surface area (Å²) >= 11 is 0. The van der Waals surface area contributed by atoms with E-state index in [4.69, 9.17) is 9.84 Å². The van der Waals surface area contributed by atoms with Crippen molar-refractivity contribution >= 4 is 17.6 Å². The summed E-state index contributed by atoms with van der Waals surface area (Å²) in [7, 11) is 0. The molecule has 2 amide bonds.